The first-order chi connectivity index (χ1) is 10.2. The number of halogens is 2. The maximum absolute atomic E-state index is 13.2. The lowest BCUT2D eigenvalue weighted by Gasteiger charge is -2.33. The molecule has 4 heteroatoms. The van der Waals surface area contributed by atoms with Crippen LogP contribution in [0, 0.1) is 11.6 Å². The van der Waals surface area contributed by atoms with Crippen molar-refractivity contribution in [2.24, 2.45) is 5.84 Å². The first kappa shape index (κ1) is 14.2. The van der Waals surface area contributed by atoms with Crippen LogP contribution in [0.5, 0.6) is 0 Å². The summed E-state index contributed by atoms with van der Waals surface area (Å²) in [5, 5.41) is 0. The van der Waals surface area contributed by atoms with Crippen LogP contribution in [-0.2, 0) is 12.8 Å². The summed E-state index contributed by atoms with van der Waals surface area (Å²) in [6, 6.07) is 12.5. The second kappa shape index (κ2) is 5.92. The van der Waals surface area contributed by atoms with Gasteiger partial charge in [0.25, 0.3) is 0 Å². The fourth-order valence-corrected chi connectivity index (χ4v) is 3.08. The molecule has 110 valence electrons. The molecule has 0 saturated carbocycles. The van der Waals surface area contributed by atoms with E-state index in [0.717, 1.165) is 24.5 Å². The van der Waals surface area contributed by atoms with E-state index in [1.807, 2.05) is 6.07 Å². The van der Waals surface area contributed by atoms with Crippen LogP contribution in [-0.4, -0.2) is 6.04 Å². The van der Waals surface area contributed by atoms with Gasteiger partial charge >= 0.3 is 0 Å². The zero-order chi connectivity index (χ0) is 14.8. The lowest BCUT2D eigenvalue weighted by Crippen LogP contribution is -2.39. The molecule has 0 bridgehead atoms. The SMILES string of the molecule is NNC(Cc1ccc(F)c(F)c1)CC1Cc2ccccc21. The molecule has 1 aliphatic carbocycles. The van der Waals surface area contributed by atoms with E-state index in [9.17, 15) is 8.78 Å². The molecule has 21 heavy (non-hydrogen) atoms. The van der Waals surface area contributed by atoms with Crippen LogP contribution in [0.4, 0.5) is 8.78 Å². The van der Waals surface area contributed by atoms with Gasteiger partial charge in [0.05, 0.1) is 0 Å². The largest absolute Gasteiger partial charge is 0.271 e. The number of benzene rings is 2. The summed E-state index contributed by atoms with van der Waals surface area (Å²) in [6.45, 7) is 0. The molecule has 0 radical (unpaired) electrons. The molecule has 2 unspecified atom stereocenters. The minimum Gasteiger partial charge on any atom is -0.271 e. The van der Waals surface area contributed by atoms with Crippen LogP contribution in [0.15, 0.2) is 42.5 Å². The minimum atomic E-state index is -0.816. The molecule has 0 aliphatic heterocycles. The van der Waals surface area contributed by atoms with Crippen molar-refractivity contribution in [1.29, 1.82) is 0 Å². The fourth-order valence-electron chi connectivity index (χ4n) is 3.08. The number of nitrogens with two attached hydrogens (primary N) is 1. The third-order valence-electron chi connectivity index (χ3n) is 4.23. The van der Waals surface area contributed by atoms with Crippen molar-refractivity contribution < 1.29 is 8.78 Å². The summed E-state index contributed by atoms with van der Waals surface area (Å²) in [5.74, 6) is 4.49. The summed E-state index contributed by atoms with van der Waals surface area (Å²) in [5.41, 5.74) is 6.32. The average molecular weight is 288 g/mol. The molecule has 0 saturated heterocycles. The predicted molar refractivity (Wildman–Crippen MR) is 78.7 cm³/mol. The Labute approximate surface area is 122 Å². The lowest BCUT2D eigenvalue weighted by atomic mass is 9.74. The molecule has 0 fully saturated rings. The van der Waals surface area contributed by atoms with Crippen LogP contribution in [0.2, 0.25) is 0 Å². The molecule has 0 amide bonds. The third kappa shape index (κ3) is 2.96. The molecule has 2 atom stereocenters. The van der Waals surface area contributed by atoms with Gasteiger partial charge in [0.2, 0.25) is 0 Å². The van der Waals surface area contributed by atoms with E-state index in [4.69, 9.17) is 5.84 Å². The third-order valence-corrected chi connectivity index (χ3v) is 4.23. The van der Waals surface area contributed by atoms with Crippen molar-refractivity contribution in [3.8, 4) is 0 Å². The quantitative estimate of drug-likeness (QED) is 0.655. The van der Waals surface area contributed by atoms with Crippen molar-refractivity contribution in [2.75, 3.05) is 0 Å². The second-order valence-electron chi connectivity index (χ2n) is 5.65. The molecular formula is C17H18F2N2. The molecular weight excluding hydrogens is 270 g/mol. The van der Waals surface area contributed by atoms with Crippen LogP contribution in [0.1, 0.15) is 29.0 Å². The number of rotatable bonds is 5. The van der Waals surface area contributed by atoms with Gasteiger partial charge in [-0.2, -0.15) is 0 Å². The van der Waals surface area contributed by atoms with E-state index in [0.29, 0.717) is 12.3 Å². The molecule has 1 aliphatic rings. The normalized spacial score (nSPS) is 18.0. The van der Waals surface area contributed by atoms with Gasteiger partial charge in [0.1, 0.15) is 0 Å². The predicted octanol–water partition coefficient (Wildman–Crippen LogP) is 3.07. The van der Waals surface area contributed by atoms with E-state index >= 15 is 0 Å². The number of hydrogen-bond acceptors (Lipinski definition) is 2. The first-order valence-corrected chi connectivity index (χ1v) is 7.15. The molecule has 0 aromatic heterocycles. The zero-order valence-corrected chi connectivity index (χ0v) is 11.7. The van der Waals surface area contributed by atoms with E-state index in [1.165, 1.54) is 17.2 Å². The fraction of sp³-hybridized carbons (Fsp3) is 0.294. The molecule has 3 rings (SSSR count). The molecule has 2 aromatic rings. The Morgan fingerprint density at radius 1 is 1.14 bits per heavy atom. The van der Waals surface area contributed by atoms with E-state index in [-0.39, 0.29) is 6.04 Å². The Bertz CT molecular complexity index is 642. The number of nitrogens with one attached hydrogen (secondary N) is 1. The maximum atomic E-state index is 13.2. The summed E-state index contributed by atoms with van der Waals surface area (Å²) in [6.07, 6.45) is 2.55. The Morgan fingerprint density at radius 3 is 2.67 bits per heavy atom. The van der Waals surface area contributed by atoms with E-state index in [2.05, 4.69) is 23.6 Å². The molecule has 2 aromatic carbocycles. The highest BCUT2D eigenvalue weighted by Gasteiger charge is 2.27. The Morgan fingerprint density at radius 2 is 1.95 bits per heavy atom. The monoisotopic (exact) mass is 288 g/mol. The van der Waals surface area contributed by atoms with Crippen LogP contribution < -0.4 is 11.3 Å². The number of fused-ring (bicyclic) bond motifs is 1. The van der Waals surface area contributed by atoms with Gasteiger partial charge in [0, 0.05) is 6.04 Å². The van der Waals surface area contributed by atoms with Crippen LogP contribution >= 0.6 is 0 Å². The maximum Gasteiger partial charge on any atom is 0.159 e. The number of hydrogen-bond donors (Lipinski definition) is 2. The summed E-state index contributed by atoms with van der Waals surface area (Å²) in [4.78, 5) is 0. The van der Waals surface area contributed by atoms with Crippen molar-refractivity contribution in [3.05, 3.63) is 70.8 Å². The van der Waals surface area contributed by atoms with Gasteiger partial charge in [-0.3, -0.25) is 11.3 Å². The van der Waals surface area contributed by atoms with Gasteiger partial charge in [0.15, 0.2) is 11.6 Å². The minimum absolute atomic E-state index is 0.0493. The summed E-state index contributed by atoms with van der Waals surface area (Å²) >= 11 is 0. The highest BCUT2D eigenvalue weighted by molar-refractivity contribution is 5.40. The average Bonchev–Trinajstić information content (AvgIpc) is 2.47. The van der Waals surface area contributed by atoms with E-state index < -0.39 is 11.6 Å². The molecule has 0 spiro atoms. The highest BCUT2D eigenvalue weighted by Crippen LogP contribution is 2.38. The Kier molecular flexibility index (Phi) is 3.99. The topological polar surface area (TPSA) is 38.0 Å². The van der Waals surface area contributed by atoms with Crippen molar-refractivity contribution >= 4 is 0 Å². The van der Waals surface area contributed by atoms with Crippen LogP contribution in [0.3, 0.4) is 0 Å². The number of hydrazine groups is 1. The lowest BCUT2D eigenvalue weighted by molar-refractivity contribution is 0.420. The highest BCUT2D eigenvalue weighted by atomic mass is 19.2. The Hall–Kier alpha value is -1.78. The van der Waals surface area contributed by atoms with Crippen molar-refractivity contribution in [3.63, 3.8) is 0 Å². The van der Waals surface area contributed by atoms with Gasteiger partial charge in [-0.1, -0.05) is 30.3 Å². The standard InChI is InChI=1S/C17H18F2N2/c18-16-6-5-11(8-17(16)19)7-14(21-20)10-13-9-12-3-1-2-4-15(12)13/h1-6,8,13-14,21H,7,9-10,20H2. The molecule has 3 N–H and O–H groups in total. The van der Waals surface area contributed by atoms with Gasteiger partial charge < -0.3 is 0 Å². The second-order valence-corrected chi connectivity index (χ2v) is 5.65. The van der Waals surface area contributed by atoms with Gasteiger partial charge in [-0.15, -0.1) is 0 Å². The van der Waals surface area contributed by atoms with Crippen LogP contribution in [0.25, 0.3) is 0 Å². The van der Waals surface area contributed by atoms with Crippen molar-refractivity contribution in [2.45, 2.75) is 31.2 Å². The zero-order valence-electron chi connectivity index (χ0n) is 11.7. The van der Waals surface area contributed by atoms with Crippen molar-refractivity contribution in [1.82, 2.24) is 5.43 Å². The molecule has 0 heterocycles. The van der Waals surface area contributed by atoms with E-state index in [1.54, 1.807) is 6.07 Å². The summed E-state index contributed by atoms with van der Waals surface area (Å²) in [7, 11) is 0. The summed E-state index contributed by atoms with van der Waals surface area (Å²) < 4.78 is 26.2. The van der Waals surface area contributed by atoms with Gasteiger partial charge in [-0.25, -0.2) is 8.78 Å². The van der Waals surface area contributed by atoms with Gasteiger partial charge in [-0.05, 0) is 54.0 Å². The smallest absolute Gasteiger partial charge is 0.159 e. The Balaban J connectivity index is 1.65. The first-order valence-electron chi connectivity index (χ1n) is 7.15. The molecule has 2 nitrogen and oxygen atoms in total.